The predicted octanol–water partition coefficient (Wildman–Crippen LogP) is 0.551. The molecule has 0 aliphatic heterocycles. The van der Waals surface area contributed by atoms with E-state index in [1.807, 2.05) is 13.8 Å². The van der Waals surface area contributed by atoms with Gasteiger partial charge in [0.25, 0.3) is 0 Å². The van der Waals surface area contributed by atoms with Crippen LogP contribution in [-0.2, 0) is 9.84 Å². The first-order valence-electron chi connectivity index (χ1n) is 5.72. The highest BCUT2D eigenvalue weighted by Gasteiger charge is 2.08. The highest BCUT2D eigenvalue weighted by Crippen LogP contribution is 1.95. The van der Waals surface area contributed by atoms with Crippen LogP contribution in [0, 0.1) is 0 Å². The van der Waals surface area contributed by atoms with E-state index in [0.29, 0.717) is 18.9 Å². The molecule has 0 radical (unpaired) electrons. The molecule has 0 aromatic rings. The van der Waals surface area contributed by atoms with Gasteiger partial charge >= 0.3 is 0 Å². The number of sulfone groups is 1. The second-order valence-electron chi connectivity index (χ2n) is 3.97. The minimum atomic E-state index is -2.90. The lowest BCUT2D eigenvalue weighted by Gasteiger charge is -2.17. The topological polar surface area (TPSA) is 70.6 Å². The van der Waals surface area contributed by atoms with Crippen molar-refractivity contribution in [3.05, 3.63) is 12.7 Å². The maximum atomic E-state index is 11.0. The van der Waals surface area contributed by atoms with E-state index in [4.69, 9.17) is 0 Å². The van der Waals surface area contributed by atoms with Gasteiger partial charge in [-0.3, -0.25) is 0 Å². The Labute approximate surface area is 104 Å². The third-order valence-corrected chi connectivity index (χ3v) is 3.00. The van der Waals surface area contributed by atoms with Crippen molar-refractivity contribution >= 4 is 15.8 Å². The monoisotopic (exact) mass is 261 g/mol. The molecule has 0 spiro atoms. The van der Waals surface area contributed by atoms with Gasteiger partial charge in [0.1, 0.15) is 9.84 Å². The average molecular weight is 261 g/mol. The zero-order chi connectivity index (χ0) is 13.3. The van der Waals surface area contributed by atoms with Crippen LogP contribution in [0.3, 0.4) is 0 Å². The molecule has 0 aromatic heterocycles. The number of hydrogen-bond acceptors (Lipinski definition) is 3. The van der Waals surface area contributed by atoms with Crippen molar-refractivity contribution in [3.63, 3.8) is 0 Å². The lowest BCUT2D eigenvalue weighted by atomic mass is 10.3. The van der Waals surface area contributed by atoms with Gasteiger partial charge in [0.2, 0.25) is 0 Å². The molecular weight excluding hydrogens is 238 g/mol. The van der Waals surface area contributed by atoms with Crippen LogP contribution in [0.1, 0.15) is 20.3 Å². The van der Waals surface area contributed by atoms with Crippen LogP contribution in [0.2, 0.25) is 0 Å². The summed E-state index contributed by atoms with van der Waals surface area (Å²) in [6.07, 6.45) is 3.52. The van der Waals surface area contributed by atoms with Crippen molar-refractivity contribution in [2.75, 3.05) is 25.1 Å². The van der Waals surface area contributed by atoms with Crippen LogP contribution in [-0.4, -0.2) is 45.5 Å². The molecule has 0 aliphatic carbocycles. The maximum Gasteiger partial charge on any atom is 0.191 e. The number of guanidine groups is 1. The Morgan fingerprint density at radius 1 is 1.53 bits per heavy atom. The summed E-state index contributed by atoms with van der Waals surface area (Å²) in [5.74, 6) is 0.871. The van der Waals surface area contributed by atoms with E-state index in [2.05, 4.69) is 22.2 Å². The van der Waals surface area contributed by atoms with Gasteiger partial charge in [0.05, 0.1) is 12.3 Å². The van der Waals surface area contributed by atoms with Crippen LogP contribution in [0.15, 0.2) is 17.6 Å². The summed E-state index contributed by atoms with van der Waals surface area (Å²) in [5, 5.41) is 6.24. The molecule has 0 rings (SSSR count). The van der Waals surface area contributed by atoms with Gasteiger partial charge in [-0.1, -0.05) is 6.08 Å². The highest BCUT2D eigenvalue weighted by atomic mass is 32.2. The van der Waals surface area contributed by atoms with Crippen molar-refractivity contribution in [2.45, 2.75) is 26.3 Å². The molecule has 0 fully saturated rings. The predicted molar refractivity (Wildman–Crippen MR) is 73.1 cm³/mol. The molecule has 17 heavy (non-hydrogen) atoms. The fourth-order valence-corrected chi connectivity index (χ4v) is 1.95. The lowest BCUT2D eigenvalue weighted by Crippen LogP contribution is -2.42. The SMILES string of the molecule is C=CCN=C(NCC)NC(C)CCS(C)(=O)=O. The van der Waals surface area contributed by atoms with E-state index in [0.717, 1.165) is 6.54 Å². The van der Waals surface area contributed by atoms with Crippen LogP contribution >= 0.6 is 0 Å². The minimum Gasteiger partial charge on any atom is -0.357 e. The Balaban J connectivity index is 4.20. The summed E-state index contributed by atoms with van der Waals surface area (Å²) in [6, 6.07) is 0.0624. The molecule has 100 valence electrons. The zero-order valence-corrected chi connectivity index (χ0v) is 11.7. The number of hydrogen-bond donors (Lipinski definition) is 2. The largest absolute Gasteiger partial charge is 0.357 e. The van der Waals surface area contributed by atoms with E-state index in [1.54, 1.807) is 6.08 Å². The molecule has 6 heteroatoms. The van der Waals surface area contributed by atoms with Gasteiger partial charge in [-0.25, -0.2) is 13.4 Å². The molecule has 0 bridgehead atoms. The fraction of sp³-hybridized carbons (Fsp3) is 0.727. The van der Waals surface area contributed by atoms with E-state index < -0.39 is 9.84 Å². The van der Waals surface area contributed by atoms with E-state index in [1.165, 1.54) is 6.26 Å². The van der Waals surface area contributed by atoms with Crippen LogP contribution < -0.4 is 10.6 Å². The first kappa shape index (κ1) is 16.0. The summed E-state index contributed by atoms with van der Waals surface area (Å²) in [7, 11) is -2.90. The summed E-state index contributed by atoms with van der Waals surface area (Å²) >= 11 is 0. The maximum absolute atomic E-state index is 11.0. The van der Waals surface area contributed by atoms with Crippen molar-refractivity contribution in [1.29, 1.82) is 0 Å². The zero-order valence-electron chi connectivity index (χ0n) is 10.9. The standard InChI is InChI=1S/C11H23N3O2S/c1-5-8-13-11(12-6-2)14-10(3)7-9-17(4,15)16/h5,10H,1,6-9H2,2-4H3,(H2,12,13,14). The van der Waals surface area contributed by atoms with Crippen molar-refractivity contribution < 1.29 is 8.42 Å². The molecule has 1 atom stereocenters. The summed E-state index contributed by atoms with van der Waals surface area (Å²) in [5.41, 5.74) is 0. The number of rotatable bonds is 7. The van der Waals surface area contributed by atoms with Gasteiger partial charge in [0.15, 0.2) is 5.96 Å². The number of nitrogens with one attached hydrogen (secondary N) is 2. The second kappa shape index (κ2) is 8.11. The summed E-state index contributed by atoms with van der Waals surface area (Å²) < 4.78 is 22.1. The van der Waals surface area contributed by atoms with E-state index in [-0.39, 0.29) is 11.8 Å². The van der Waals surface area contributed by atoms with Gasteiger partial charge < -0.3 is 10.6 Å². The second-order valence-corrected chi connectivity index (χ2v) is 6.23. The third-order valence-electron chi connectivity index (χ3n) is 2.03. The van der Waals surface area contributed by atoms with Crippen LogP contribution in [0.5, 0.6) is 0 Å². The smallest absolute Gasteiger partial charge is 0.191 e. The molecular formula is C11H23N3O2S. The average Bonchev–Trinajstić information content (AvgIpc) is 2.22. The first-order chi connectivity index (χ1) is 7.89. The molecule has 0 amide bonds. The molecule has 5 nitrogen and oxygen atoms in total. The number of nitrogens with zero attached hydrogens (tertiary/aromatic N) is 1. The Bertz CT molecular complexity index is 350. The molecule has 0 saturated heterocycles. The third kappa shape index (κ3) is 9.86. The Hall–Kier alpha value is -1.04. The van der Waals surface area contributed by atoms with Gasteiger partial charge in [-0.15, -0.1) is 6.58 Å². The molecule has 0 heterocycles. The van der Waals surface area contributed by atoms with Crippen molar-refractivity contribution in [1.82, 2.24) is 10.6 Å². The van der Waals surface area contributed by atoms with Crippen LogP contribution in [0.4, 0.5) is 0 Å². The fourth-order valence-electron chi connectivity index (χ4n) is 1.17. The van der Waals surface area contributed by atoms with Crippen molar-refractivity contribution in [3.8, 4) is 0 Å². The summed E-state index contributed by atoms with van der Waals surface area (Å²) in [4.78, 5) is 4.24. The van der Waals surface area contributed by atoms with Crippen LogP contribution in [0.25, 0.3) is 0 Å². The first-order valence-corrected chi connectivity index (χ1v) is 7.78. The Morgan fingerprint density at radius 3 is 2.65 bits per heavy atom. The normalized spacial score (nSPS) is 14.2. The quantitative estimate of drug-likeness (QED) is 0.399. The molecule has 0 aliphatic rings. The van der Waals surface area contributed by atoms with E-state index in [9.17, 15) is 8.42 Å². The Kier molecular flexibility index (Phi) is 7.61. The highest BCUT2D eigenvalue weighted by molar-refractivity contribution is 7.90. The summed E-state index contributed by atoms with van der Waals surface area (Å²) in [6.45, 7) is 8.81. The van der Waals surface area contributed by atoms with Gasteiger partial charge in [-0.05, 0) is 20.3 Å². The molecule has 0 aromatic carbocycles. The molecule has 2 N–H and O–H groups in total. The number of aliphatic imine (C=N–C) groups is 1. The van der Waals surface area contributed by atoms with Crippen molar-refractivity contribution in [2.24, 2.45) is 4.99 Å². The molecule has 1 unspecified atom stereocenters. The molecule has 0 saturated carbocycles. The van der Waals surface area contributed by atoms with Gasteiger partial charge in [-0.2, -0.15) is 0 Å². The van der Waals surface area contributed by atoms with E-state index >= 15 is 0 Å². The lowest BCUT2D eigenvalue weighted by molar-refractivity contribution is 0.581. The Morgan fingerprint density at radius 2 is 2.18 bits per heavy atom. The minimum absolute atomic E-state index is 0.0624. The van der Waals surface area contributed by atoms with Gasteiger partial charge in [0, 0.05) is 18.8 Å².